The minimum atomic E-state index is 0.222. The fourth-order valence-corrected chi connectivity index (χ4v) is 3.38. The zero-order valence-corrected chi connectivity index (χ0v) is 13.1. The molecule has 3 nitrogen and oxygen atoms in total. The molecule has 3 aromatic heterocycles. The van der Waals surface area contributed by atoms with Crippen LogP contribution in [-0.2, 0) is 6.42 Å². The number of aromatic nitrogens is 3. The fourth-order valence-electron chi connectivity index (χ4n) is 2.46. The van der Waals surface area contributed by atoms with Crippen LogP contribution >= 0.6 is 22.9 Å². The molecule has 20 heavy (non-hydrogen) atoms. The quantitative estimate of drug-likeness (QED) is 0.677. The van der Waals surface area contributed by atoms with E-state index in [9.17, 15) is 0 Å². The highest BCUT2D eigenvalue weighted by Gasteiger charge is 2.18. The van der Waals surface area contributed by atoms with Crippen molar-refractivity contribution in [3.8, 4) is 0 Å². The highest BCUT2D eigenvalue weighted by atomic mass is 35.5. The zero-order chi connectivity index (χ0) is 14.1. The molecule has 0 aliphatic carbocycles. The first-order chi connectivity index (χ1) is 9.70. The summed E-state index contributed by atoms with van der Waals surface area (Å²) in [6, 6.07) is 4.45. The average molecular weight is 306 g/mol. The van der Waals surface area contributed by atoms with Gasteiger partial charge in [-0.25, -0.2) is 9.97 Å². The third-order valence-corrected chi connectivity index (χ3v) is 4.36. The molecular formula is C15H16ClN3S. The minimum absolute atomic E-state index is 0.222. The number of imidazole rings is 1. The van der Waals surface area contributed by atoms with Gasteiger partial charge in [0.05, 0.1) is 6.04 Å². The van der Waals surface area contributed by atoms with E-state index in [1.165, 1.54) is 5.56 Å². The van der Waals surface area contributed by atoms with Crippen LogP contribution in [0.1, 0.15) is 29.9 Å². The van der Waals surface area contributed by atoms with E-state index in [0.717, 1.165) is 29.0 Å². The summed E-state index contributed by atoms with van der Waals surface area (Å²) in [5, 5.41) is 4.28. The Hall–Kier alpha value is -1.39. The predicted molar refractivity (Wildman–Crippen MR) is 84.8 cm³/mol. The number of fused-ring (bicyclic) bond motifs is 1. The standard InChI is InChI=1S/C15H16ClN3S/c1-10-7-13-15(17-8-10)19(14(18-13)3-5-16)11(2)12-4-6-20-9-12/h4,6-9,11H,3,5H2,1-2H3. The summed E-state index contributed by atoms with van der Waals surface area (Å²) in [5.74, 6) is 1.57. The number of aryl methyl sites for hydroxylation is 2. The molecule has 5 heteroatoms. The van der Waals surface area contributed by atoms with Crippen LogP contribution in [0.4, 0.5) is 0 Å². The van der Waals surface area contributed by atoms with E-state index in [4.69, 9.17) is 16.6 Å². The molecule has 1 unspecified atom stereocenters. The van der Waals surface area contributed by atoms with Gasteiger partial charge in [0, 0.05) is 18.5 Å². The van der Waals surface area contributed by atoms with E-state index in [1.54, 1.807) is 11.3 Å². The summed E-state index contributed by atoms with van der Waals surface area (Å²) in [5.41, 5.74) is 4.30. The normalized spacial score (nSPS) is 12.9. The first-order valence-electron chi connectivity index (χ1n) is 6.62. The van der Waals surface area contributed by atoms with E-state index < -0.39 is 0 Å². The molecule has 104 valence electrons. The minimum Gasteiger partial charge on any atom is -0.305 e. The Morgan fingerprint density at radius 2 is 2.30 bits per heavy atom. The third kappa shape index (κ3) is 2.34. The Kier molecular flexibility index (Phi) is 3.76. The van der Waals surface area contributed by atoms with E-state index in [-0.39, 0.29) is 6.04 Å². The van der Waals surface area contributed by atoms with E-state index in [0.29, 0.717) is 5.88 Å². The lowest BCUT2D eigenvalue weighted by Crippen LogP contribution is -2.11. The fraction of sp³-hybridized carbons (Fsp3) is 0.333. The van der Waals surface area contributed by atoms with Crippen molar-refractivity contribution in [3.63, 3.8) is 0 Å². The van der Waals surface area contributed by atoms with Gasteiger partial charge < -0.3 is 4.57 Å². The van der Waals surface area contributed by atoms with Crippen molar-refractivity contribution in [2.75, 3.05) is 5.88 Å². The maximum Gasteiger partial charge on any atom is 0.160 e. The molecule has 0 saturated heterocycles. The lowest BCUT2D eigenvalue weighted by Gasteiger charge is -2.15. The van der Waals surface area contributed by atoms with Gasteiger partial charge in [0.2, 0.25) is 0 Å². The number of halogens is 1. The van der Waals surface area contributed by atoms with Crippen LogP contribution in [0.5, 0.6) is 0 Å². The van der Waals surface area contributed by atoms with Gasteiger partial charge >= 0.3 is 0 Å². The second-order valence-electron chi connectivity index (χ2n) is 4.93. The predicted octanol–water partition coefficient (Wildman–Crippen LogP) is 4.19. The molecule has 0 radical (unpaired) electrons. The maximum atomic E-state index is 5.92. The van der Waals surface area contributed by atoms with Crippen LogP contribution in [0, 0.1) is 6.92 Å². The largest absolute Gasteiger partial charge is 0.305 e. The number of hydrogen-bond donors (Lipinski definition) is 0. The van der Waals surface area contributed by atoms with E-state index >= 15 is 0 Å². The van der Waals surface area contributed by atoms with Gasteiger partial charge in [0.15, 0.2) is 5.65 Å². The SMILES string of the molecule is Cc1cnc2c(c1)nc(CCCl)n2C(C)c1ccsc1. The summed E-state index contributed by atoms with van der Waals surface area (Å²) in [7, 11) is 0. The Balaban J connectivity index is 2.18. The molecule has 0 amide bonds. The molecule has 0 N–H and O–H groups in total. The van der Waals surface area contributed by atoms with Gasteiger partial charge in [-0.15, -0.1) is 11.6 Å². The molecular weight excluding hydrogens is 290 g/mol. The second kappa shape index (κ2) is 5.54. The Bertz CT molecular complexity index is 718. The summed E-state index contributed by atoms with van der Waals surface area (Å²) in [6.45, 7) is 4.22. The smallest absolute Gasteiger partial charge is 0.160 e. The molecule has 0 saturated carbocycles. The van der Waals surface area contributed by atoms with Gasteiger partial charge in [0.25, 0.3) is 0 Å². The van der Waals surface area contributed by atoms with Crippen molar-refractivity contribution in [2.45, 2.75) is 26.3 Å². The third-order valence-electron chi connectivity index (χ3n) is 3.47. The molecule has 0 aliphatic rings. The molecule has 3 aromatic rings. The van der Waals surface area contributed by atoms with Crippen LogP contribution in [-0.4, -0.2) is 20.4 Å². The highest BCUT2D eigenvalue weighted by molar-refractivity contribution is 7.07. The number of nitrogens with zero attached hydrogens (tertiary/aromatic N) is 3. The number of rotatable bonds is 4. The number of alkyl halides is 1. The summed E-state index contributed by atoms with van der Waals surface area (Å²) < 4.78 is 2.21. The second-order valence-corrected chi connectivity index (χ2v) is 6.08. The van der Waals surface area contributed by atoms with Gasteiger partial charge in [-0.05, 0) is 47.9 Å². The molecule has 3 heterocycles. The summed E-state index contributed by atoms with van der Waals surface area (Å²) in [6.07, 6.45) is 2.65. The Morgan fingerprint density at radius 1 is 1.45 bits per heavy atom. The van der Waals surface area contributed by atoms with Crippen molar-refractivity contribution >= 4 is 34.1 Å². The van der Waals surface area contributed by atoms with E-state index in [2.05, 4.69) is 39.4 Å². The van der Waals surface area contributed by atoms with Crippen molar-refractivity contribution in [3.05, 3.63) is 46.0 Å². The monoisotopic (exact) mass is 305 g/mol. The maximum absolute atomic E-state index is 5.92. The van der Waals surface area contributed by atoms with Crippen molar-refractivity contribution < 1.29 is 0 Å². The lowest BCUT2D eigenvalue weighted by atomic mass is 10.1. The van der Waals surface area contributed by atoms with Crippen molar-refractivity contribution in [2.24, 2.45) is 0 Å². The molecule has 0 aliphatic heterocycles. The number of hydrogen-bond acceptors (Lipinski definition) is 3. The van der Waals surface area contributed by atoms with Gasteiger partial charge in [-0.2, -0.15) is 11.3 Å². The van der Waals surface area contributed by atoms with Crippen LogP contribution in [0.2, 0.25) is 0 Å². The molecule has 0 aromatic carbocycles. The first-order valence-corrected chi connectivity index (χ1v) is 8.10. The number of pyridine rings is 1. The van der Waals surface area contributed by atoms with Crippen LogP contribution in [0.25, 0.3) is 11.2 Å². The molecule has 0 fully saturated rings. The number of thiophene rings is 1. The molecule has 1 atom stereocenters. The van der Waals surface area contributed by atoms with Crippen molar-refractivity contribution in [1.82, 2.24) is 14.5 Å². The summed E-state index contributed by atoms with van der Waals surface area (Å²) >= 11 is 7.64. The van der Waals surface area contributed by atoms with Crippen LogP contribution in [0.3, 0.4) is 0 Å². The van der Waals surface area contributed by atoms with E-state index in [1.807, 2.05) is 13.1 Å². The highest BCUT2D eigenvalue weighted by Crippen LogP contribution is 2.27. The summed E-state index contributed by atoms with van der Waals surface area (Å²) in [4.78, 5) is 9.29. The van der Waals surface area contributed by atoms with Gasteiger partial charge in [-0.3, -0.25) is 0 Å². The molecule has 0 bridgehead atoms. The molecule has 0 spiro atoms. The lowest BCUT2D eigenvalue weighted by molar-refractivity contribution is 0.621. The van der Waals surface area contributed by atoms with Crippen molar-refractivity contribution in [1.29, 1.82) is 0 Å². The topological polar surface area (TPSA) is 30.7 Å². The van der Waals surface area contributed by atoms with Gasteiger partial charge in [-0.1, -0.05) is 0 Å². The zero-order valence-electron chi connectivity index (χ0n) is 11.5. The molecule has 3 rings (SSSR count). The average Bonchev–Trinajstić information content (AvgIpc) is 3.05. The van der Waals surface area contributed by atoms with Crippen LogP contribution in [0.15, 0.2) is 29.1 Å². The Labute approximate surface area is 127 Å². The first kappa shape index (κ1) is 13.6. The Morgan fingerprint density at radius 3 is 3.00 bits per heavy atom. The van der Waals surface area contributed by atoms with Crippen LogP contribution < -0.4 is 0 Å². The van der Waals surface area contributed by atoms with Gasteiger partial charge in [0.1, 0.15) is 11.3 Å².